The molecule has 148 valence electrons. The maximum atomic E-state index is 13.8. The second kappa shape index (κ2) is 8.31. The Morgan fingerprint density at radius 1 is 0.500 bits per heavy atom. The van der Waals surface area contributed by atoms with E-state index in [-0.39, 0.29) is 6.42 Å². The maximum Gasteiger partial charge on any atom is 0.103 e. The number of hydrogen-bond acceptors (Lipinski definition) is 0. The summed E-state index contributed by atoms with van der Waals surface area (Å²) in [6.45, 7) is 3.98. The molecule has 0 heterocycles. The summed E-state index contributed by atoms with van der Waals surface area (Å²) in [7, 11) is 0. The van der Waals surface area contributed by atoms with Crippen LogP contribution in [0, 0.1) is 41.4 Å². The minimum absolute atomic E-state index is 0.158. The molecule has 2 heteroatoms. The molecule has 4 saturated carbocycles. The topological polar surface area (TPSA) is 0 Å². The monoisotopic (exact) mass is 364 g/mol. The van der Waals surface area contributed by atoms with Crippen LogP contribution in [0.25, 0.3) is 0 Å². The van der Waals surface area contributed by atoms with Crippen LogP contribution in [0.5, 0.6) is 0 Å². The van der Waals surface area contributed by atoms with Crippen molar-refractivity contribution in [3.05, 3.63) is 12.7 Å². The molecule has 6 unspecified atom stereocenters. The molecule has 0 bridgehead atoms. The first-order chi connectivity index (χ1) is 12.6. The van der Waals surface area contributed by atoms with Crippen LogP contribution in [0.4, 0.5) is 8.78 Å². The van der Waals surface area contributed by atoms with Gasteiger partial charge in [0.1, 0.15) is 12.3 Å². The Labute approximate surface area is 159 Å². The molecular formula is C24H38F2. The van der Waals surface area contributed by atoms with E-state index < -0.39 is 12.3 Å². The quantitative estimate of drug-likeness (QED) is 0.461. The molecule has 4 aliphatic rings. The van der Waals surface area contributed by atoms with Gasteiger partial charge in [0, 0.05) is 6.42 Å². The third-order valence-electron chi connectivity index (χ3n) is 8.81. The van der Waals surface area contributed by atoms with Gasteiger partial charge in [-0.05, 0) is 118 Å². The molecule has 0 spiro atoms. The summed E-state index contributed by atoms with van der Waals surface area (Å²) in [4.78, 5) is 0. The van der Waals surface area contributed by atoms with E-state index in [0.29, 0.717) is 24.7 Å². The fourth-order valence-electron chi connectivity index (χ4n) is 7.28. The Bertz CT molecular complexity index is 457. The lowest BCUT2D eigenvalue weighted by molar-refractivity contribution is 0.0200. The average molecular weight is 365 g/mol. The first-order valence-corrected chi connectivity index (χ1v) is 11.5. The first kappa shape index (κ1) is 18.9. The van der Waals surface area contributed by atoms with Crippen LogP contribution in [0.1, 0.15) is 83.5 Å². The zero-order valence-electron chi connectivity index (χ0n) is 16.4. The summed E-state index contributed by atoms with van der Waals surface area (Å²) in [5.74, 6) is 5.38. The summed E-state index contributed by atoms with van der Waals surface area (Å²) >= 11 is 0. The predicted molar refractivity (Wildman–Crippen MR) is 104 cm³/mol. The smallest absolute Gasteiger partial charge is 0.103 e. The summed E-state index contributed by atoms with van der Waals surface area (Å²) in [5, 5.41) is 0. The molecule has 0 aromatic rings. The Balaban J connectivity index is 1.28. The van der Waals surface area contributed by atoms with Crippen molar-refractivity contribution in [3.63, 3.8) is 0 Å². The number of fused-ring (bicyclic) bond motifs is 1. The molecule has 0 radical (unpaired) electrons. The summed E-state index contributed by atoms with van der Waals surface area (Å²) in [5.41, 5.74) is 0. The number of allylic oxidation sites excluding steroid dienone is 1. The zero-order valence-corrected chi connectivity index (χ0v) is 16.4. The van der Waals surface area contributed by atoms with Crippen molar-refractivity contribution in [2.45, 2.75) is 95.8 Å². The van der Waals surface area contributed by atoms with E-state index in [4.69, 9.17) is 0 Å². The van der Waals surface area contributed by atoms with Gasteiger partial charge >= 0.3 is 0 Å². The minimum Gasteiger partial charge on any atom is -0.247 e. The van der Waals surface area contributed by atoms with Crippen LogP contribution < -0.4 is 0 Å². The SMILES string of the molecule is C=CC1CCC(C2CCC3CC(C4CC(F)CC(F)C4)CCC3C2)CC1. The average Bonchev–Trinajstić information content (AvgIpc) is 2.66. The van der Waals surface area contributed by atoms with Gasteiger partial charge in [-0.3, -0.25) is 0 Å². The third-order valence-corrected chi connectivity index (χ3v) is 8.81. The van der Waals surface area contributed by atoms with Crippen molar-refractivity contribution in [2.75, 3.05) is 0 Å². The van der Waals surface area contributed by atoms with E-state index in [1.54, 1.807) is 0 Å². The van der Waals surface area contributed by atoms with E-state index >= 15 is 0 Å². The Hall–Kier alpha value is -0.400. The van der Waals surface area contributed by atoms with Gasteiger partial charge in [-0.1, -0.05) is 6.08 Å². The highest BCUT2D eigenvalue weighted by Crippen LogP contribution is 2.51. The van der Waals surface area contributed by atoms with E-state index in [1.165, 1.54) is 64.2 Å². The van der Waals surface area contributed by atoms with E-state index in [2.05, 4.69) is 12.7 Å². The number of halogens is 2. The second-order valence-electron chi connectivity index (χ2n) is 10.2. The van der Waals surface area contributed by atoms with Gasteiger partial charge in [0.05, 0.1) is 0 Å². The van der Waals surface area contributed by atoms with Crippen molar-refractivity contribution >= 4 is 0 Å². The highest BCUT2D eigenvalue weighted by atomic mass is 19.1. The fraction of sp³-hybridized carbons (Fsp3) is 0.917. The van der Waals surface area contributed by atoms with Gasteiger partial charge in [0.2, 0.25) is 0 Å². The molecule has 4 aliphatic carbocycles. The van der Waals surface area contributed by atoms with Crippen LogP contribution in [0.15, 0.2) is 12.7 Å². The van der Waals surface area contributed by atoms with Crippen LogP contribution in [-0.4, -0.2) is 12.3 Å². The molecule has 0 aromatic heterocycles. The van der Waals surface area contributed by atoms with Crippen molar-refractivity contribution in [1.82, 2.24) is 0 Å². The van der Waals surface area contributed by atoms with Crippen LogP contribution in [0.2, 0.25) is 0 Å². The van der Waals surface area contributed by atoms with Crippen LogP contribution >= 0.6 is 0 Å². The molecule has 4 fully saturated rings. The molecule has 0 aliphatic heterocycles. The van der Waals surface area contributed by atoms with Gasteiger partial charge < -0.3 is 0 Å². The van der Waals surface area contributed by atoms with E-state index in [0.717, 1.165) is 29.6 Å². The van der Waals surface area contributed by atoms with Crippen molar-refractivity contribution < 1.29 is 8.78 Å². The standard InChI is InChI=1S/C24H38F2/c1-2-16-3-5-17(6-4-16)18-7-8-20-12-21(10-9-19(20)11-18)22-13-23(25)15-24(26)14-22/h2,16-24H,1,3-15H2. The molecule has 0 saturated heterocycles. The van der Waals surface area contributed by atoms with Crippen molar-refractivity contribution in [3.8, 4) is 0 Å². The highest BCUT2D eigenvalue weighted by Gasteiger charge is 2.42. The van der Waals surface area contributed by atoms with Gasteiger partial charge in [-0.25, -0.2) is 8.78 Å². The molecule has 6 atom stereocenters. The fourth-order valence-corrected chi connectivity index (χ4v) is 7.28. The van der Waals surface area contributed by atoms with E-state index in [9.17, 15) is 8.78 Å². The lowest BCUT2D eigenvalue weighted by Crippen LogP contribution is -2.38. The molecular weight excluding hydrogens is 326 g/mol. The third kappa shape index (κ3) is 4.20. The lowest BCUT2D eigenvalue weighted by atomic mass is 9.59. The van der Waals surface area contributed by atoms with Crippen molar-refractivity contribution in [2.24, 2.45) is 41.4 Å². The van der Waals surface area contributed by atoms with Gasteiger partial charge in [-0.15, -0.1) is 6.58 Å². The molecule has 0 aromatic carbocycles. The minimum atomic E-state index is -0.886. The van der Waals surface area contributed by atoms with Crippen LogP contribution in [-0.2, 0) is 0 Å². The van der Waals surface area contributed by atoms with Crippen LogP contribution in [0.3, 0.4) is 0 Å². The zero-order chi connectivity index (χ0) is 18.1. The predicted octanol–water partition coefficient (Wildman–Crippen LogP) is 7.29. The summed E-state index contributed by atoms with van der Waals surface area (Å²) < 4.78 is 27.7. The summed E-state index contributed by atoms with van der Waals surface area (Å²) in [6, 6.07) is 0. The Morgan fingerprint density at radius 3 is 1.42 bits per heavy atom. The van der Waals surface area contributed by atoms with E-state index in [1.807, 2.05) is 0 Å². The second-order valence-corrected chi connectivity index (χ2v) is 10.2. The van der Waals surface area contributed by atoms with Gasteiger partial charge in [-0.2, -0.15) is 0 Å². The number of rotatable bonds is 3. The summed E-state index contributed by atoms with van der Waals surface area (Å²) in [6.07, 6.45) is 15.5. The lowest BCUT2D eigenvalue weighted by Gasteiger charge is -2.47. The highest BCUT2D eigenvalue weighted by molar-refractivity contribution is 4.93. The first-order valence-electron chi connectivity index (χ1n) is 11.5. The molecule has 0 nitrogen and oxygen atoms in total. The van der Waals surface area contributed by atoms with Gasteiger partial charge in [0.25, 0.3) is 0 Å². The Morgan fingerprint density at radius 2 is 0.923 bits per heavy atom. The largest absolute Gasteiger partial charge is 0.247 e. The normalized spacial score (nSPS) is 50.0. The number of hydrogen-bond donors (Lipinski definition) is 0. The molecule has 0 N–H and O–H groups in total. The Kier molecular flexibility index (Phi) is 6.05. The molecule has 4 rings (SSSR count). The molecule has 0 amide bonds. The molecule has 26 heavy (non-hydrogen) atoms. The number of alkyl halides is 2. The van der Waals surface area contributed by atoms with Gasteiger partial charge in [0.15, 0.2) is 0 Å². The maximum absolute atomic E-state index is 13.8. The van der Waals surface area contributed by atoms with Crippen molar-refractivity contribution in [1.29, 1.82) is 0 Å².